The SMILES string of the molecule is Cc1ccc(Oc2ccc(NC(=O)N[C@H]3CCC(=O)NC3)cc2)cc1. The van der Waals surface area contributed by atoms with E-state index in [9.17, 15) is 9.59 Å². The van der Waals surface area contributed by atoms with Crippen molar-refractivity contribution < 1.29 is 14.3 Å². The highest BCUT2D eigenvalue weighted by atomic mass is 16.5. The molecule has 0 spiro atoms. The van der Waals surface area contributed by atoms with E-state index in [1.165, 1.54) is 5.56 Å². The predicted molar refractivity (Wildman–Crippen MR) is 95.9 cm³/mol. The number of rotatable bonds is 4. The molecule has 25 heavy (non-hydrogen) atoms. The third-order valence-electron chi connectivity index (χ3n) is 3.97. The number of ether oxygens (including phenoxy) is 1. The highest BCUT2D eigenvalue weighted by molar-refractivity contribution is 5.89. The number of urea groups is 1. The molecule has 0 aromatic heterocycles. The van der Waals surface area contributed by atoms with E-state index in [1.807, 2.05) is 31.2 Å². The minimum absolute atomic E-state index is 0.0302. The van der Waals surface area contributed by atoms with E-state index in [1.54, 1.807) is 24.3 Å². The minimum atomic E-state index is -0.284. The molecule has 0 radical (unpaired) electrons. The van der Waals surface area contributed by atoms with Gasteiger partial charge in [0.2, 0.25) is 5.91 Å². The molecule has 6 heteroatoms. The first-order chi connectivity index (χ1) is 12.1. The molecule has 1 aliphatic heterocycles. The van der Waals surface area contributed by atoms with E-state index >= 15 is 0 Å². The van der Waals surface area contributed by atoms with E-state index in [4.69, 9.17) is 4.74 Å². The molecule has 3 N–H and O–H groups in total. The van der Waals surface area contributed by atoms with Gasteiger partial charge in [-0.25, -0.2) is 4.79 Å². The van der Waals surface area contributed by atoms with Gasteiger partial charge in [-0.15, -0.1) is 0 Å². The molecule has 130 valence electrons. The lowest BCUT2D eigenvalue weighted by atomic mass is 10.1. The van der Waals surface area contributed by atoms with Crippen molar-refractivity contribution in [2.45, 2.75) is 25.8 Å². The summed E-state index contributed by atoms with van der Waals surface area (Å²) < 4.78 is 5.76. The molecule has 3 rings (SSSR count). The lowest BCUT2D eigenvalue weighted by Gasteiger charge is -2.23. The molecule has 2 aromatic rings. The quantitative estimate of drug-likeness (QED) is 0.800. The largest absolute Gasteiger partial charge is 0.457 e. The zero-order chi connectivity index (χ0) is 17.6. The number of amides is 3. The normalized spacial score (nSPS) is 16.7. The number of benzene rings is 2. The Morgan fingerprint density at radius 1 is 1.08 bits per heavy atom. The van der Waals surface area contributed by atoms with Crippen LogP contribution in [0.2, 0.25) is 0 Å². The summed E-state index contributed by atoms with van der Waals surface area (Å²) in [5.41, 5.74) is 1.85. The summed E-state index contributed by atoms with van der Waals surface area (Å²) in [5, 5.41) is 8.37. The van der Waals surface area contributed by atoms with Crippen LogP contribution >= 0.6 is 0 Å². The Labute approximate surface area is 146 Å². The smallest absolute Gasteiger partial charge is 0.319 e. The van der Waals surface area contributed by atoms with E-state index in [2.05, 4.69) is 16.0 Å². The second kappa shape index (κ2) is 7.70. The molecule has 1 atom stereocenters. The van der Waals surface area contributed by atoms with E-state index in [-0.39, 0.29) is 18.0 Å². The predicted octanol–water partition coefficient (Wildman–Crippen LogP) is 3.19. The van der Waals surface area contributed by atoms with Crippen molar-refractivity contribution in [3.8, 4) is 11.5 Å². The van der Waals surface area contributed by atoms with Crippen LogP contribution in [0.1, 0.15) is 18.4 Å². The average Bonchev–Trinajstić information content (AvgIpc) is 2.61. The zero-order valence-corrected chi connectivity index (χ0v) is 14.0. The van der Waals surface area contributed by atoms with Gasteiger partial charge in [-0.05, 0) is 49.7 Å². The molecule has 6 nitrogen and oxygen atoms in total. The number of hydrogen-bond acceptors (Lipinski definition) is 3. The molecule has 0 unspecified atom stereocenters. The van der Waals surface area contributed by atoms with Gasteiger partial charge in [-0.1, -0.05) is 17.7 Å². The Bertz CT molecular complexity index is 732. The van der Waals surface area contributed by atoms with Gasteiger partial charge < -0.3 is 20.7 Å². The van der Waals surface area contributed by atoms with Gasteiger partial charge in [0.15, 0.2) is 0 Å². The fraction of sp³-hybridized carbons (Fsp3) is 0.263. The standard InChI is InChI=1S/C19H21N3O3/c1-13-2-7-16(8-3-13)25-17-9-4-14(5-10-17)21-19(24)22-15-6-11-18(23)20-12-15/h2-5,7-10,15H,6,11-12H2,1H3,(H,20,23)(H2,21,22,24)/t15-/m0/s1. The molecular formula is C19H21N3O3. The fourth-order valence-corrected chi connectivity index (χ4v) is 2.56. The minimum Gasteiger partial charge on any atom is -0.457 e. The van der Waals surface area contributed by atoms with Crippen LogP contribution in [-0.4, -0.2) is 24.5 Å². The van der Waals surface area contributed by atoms with Crippen LogP contribution < -0.4 is 20.7 Å². The Balaban J connectivity index is 1.50. The second-order valence-electron chi connectivity index (χ2n) is 6.08. The third-order valence-corrected chi connectivity index (χ3v) is 3.97. The highest BCUT2D eigenvalue weighted by Crippen LogP contribution is 2.23. The van der Waals surface area contributed by atoms with Gasteiger partial charge >= 0.3 is 6.03 Å². The van der Waals surface area contributed by atoms with E-state index in [0.29, 0.717) is 30.8 Å². The van der Waals surface area contributed by atoms with Gasteiger partial charge in [0, 0.05) is 24.7 Å². The molecule has 1 saturated heterocycles. The maximum absolute atomic E-state index is 12.0. The fourth-order valence-electron chi connectivity index (χ4n) is 2.56. The van der Waals surface area contributed by atoms with Gasteiger partial charge in [-0.2, -0.15) is 0 Å². The molecule has 3 amide bonds. The number of carbonyl (C=O) groups is 2. The summed E-state index contributed by atoms with van der Waals surface area (Å²) in [6, 6.07) is 14.7. The Morgan fingerprint density at radius 3 is 2.32 bits per heavy atom. The van der Waals surface area contributed by atoms with Gasteiger partial charge in [0.25, 0.3) is 0 Å². The highest BCUT2D eigenvalue weighted by Gasteiger charge is 2.19. The number of nitrogens with one attached hydrogen (secondary N) is 3. The number of carbonyl (C=O) groups excluding carboxylic acids is 2. The molecule has 0 saturated carbocycles. The summed E-state index contributed by atoms with van der Waals surface area (Å²) >= 11 is 0. The van der Waals surface area contributed by atoms with Crippen LogP contribution in [0.5, 0.6) is 11.5 Å². The summed E-state index contributed by atoms with van der Waals surface area (Å²) in [7, 11) is 0. The zero-order valence-electron chi connectivity index (χ0n) is 14.0. The molecule has 1 aliphatic rings. The maximum atomic E-state index is 12.0. The van der Waals surface area contributed by atoms with Crippen LogP contribution in [0, 0.1) is 6.92 Å². The second-order valence-corrected chi connectivity index (χ2v) is 6.08. The Morgan fingerprint density at radius 2 is 1.72 bits per heavy atom. The molecule has 0 aliphatic carbocycles. The number of piperidine rings is 1. The number of aryl methyl sites for hydroxylation is 1. The van der Waals surface area contributed by atoms with Crippen molar-refractivity contribution in [1.29, 1.82) is 0 Å². The van der Waals surface area contributed by atoms with E-state index in [0.717, 1.165) is 5.75 Å². The van der Waals surface area contributed by atoms with E-state index < -0.39 is 0 Å². The van der Waals surface area contributed by atoms with Crippen molar-refractivity contribution in [3.63, 3.8) is 0 Å². The molecule has 1 fully saturated rings. The average molecular weight is 339 g/mol. The molecular weight excluding hydrogens is 318 g/mol. The maximum Gasteiger partial charge on any atom is 0.319 e. The van der Waals surface area contributed by atoms with Crippen LogP contribution in [0.3, 0.4) is 0 Å². The lowest BCUT2D eigenvalue weighted by Crippen LogP contribution is -2.48. The first-order valence-electron chi connectivity index (χ1n) is 8.27. The molecule has 0 bridgehead atoms. The Hall–Kier alpha value is -3.02. The lowest BCUT2D eigenvalue weighted by molar-refractivity contribution is -0.122. The third kappa shape index (κ3) is 4.97. The summed E-state index contributed by atoms with van der Waals surface area (Å²) in [4.78, 5) is 23.1. The molecule has 2 aromatic carbocycles. The van der Waals surface area contributed by atoms with Gasteiger partial charge in [-0.3, -0.25) is 4.79 Å². The van der Waals surface area contributed by atoms with Crippen molar-refractivity contribution in [1.82, 2.24) is 10.6 Å². The molecule has 1 heterocycles. The summed E-state index contributed by atoms with van der Waals surface area (Å²) in [6.45, 7) is 2.49. The van der Waals surface area contributed by atoms with Crippen molar-refractivity contribution in [2.24, 2.45) is 0 Å². The van der Waals surface area contributed by atoms with Crippen molar-refractivity contribution in [3.05, 3.63) is 54.1 Å². The van der Waals surface area contributed by atoms with Gasteiger partial charge in [0.05, 0.1) is 0 Å². The van der Waals surface area contributed by atoms with Crippen molar-refractivity contribution >= 4 is 17.6 Å². The number of anilines is 1. The summed E-state index contributed by atoms with van der Waals surface area (Å²) in [6.07, 6.45) is 1.10. The van der Waals surface area contributed by atoms with Crippen LogP contribution in [0.15, 0.2) is 48.5 Å². The van der Waals surface area contributed by atoms with Crippen molar-refractivity contribution in [2.75, 3.05) is 11.9 Å². The first kappa shape index (κ1) is 16.8. The Kier molecular flexibility index (Phi) is 5.18. The van der Waals surface area contributed by atoms with Crippen LogP contribution in [0.4, 0.5) is 10.5 Å². The number of hydrogen-bond donors (Lipinski definition) is 3. The topological polar surface area (TPSA) is 79.5 Å². The van der Waals surface area contributed by atoms with Crippen LogP contribution in [-0.2, 0) is 4.79 Å². The van der Waals surface area contributed by atoms with Gasteiger partial charge in [0.1, 0.15) is 11.5 Å². The summed E-state index contributed by atoms with van der Waals surface area (Å²) in [5.74, 6) is 1.50. The first-order valence-corrected chi connectivity index (χ1v) is 8.27. The van der Waals surface area contributed by atoms with Crippen LogP contribution in [0.25, 0.3) is 0 Å². The monoisotopic (exact) mass is 339 g/mol.